The Labute approximate surface area is 239 Å². The first kappa shape index (κ1) is 27.6. The van der Waals surface area contributed by atoms with Gasteiger partial charge in [0.1, 0.15) is 17.2 Å². The predicted octanol–water partition coefficient (Wildman–Crippen LogP) is 2.43. The van der Waals surface area contributed by atoms with Crippen molar-refractivity contribution in [1.29, 1.82) is 0 Å². The molecule has 12 heteroatoms. The van der Waals surface area contributed by atoms with Crippen molar-refractivity contribution in [2.24, 2.45) is 14.1 Å². The standard InChI is InChI=1S/C29H35N5O6S/c1-31-13-26(30-18-31)41(36,37)34-16-29(17-34)15-33(12-19-8-21(39-4)10-22(9-19)40-5)25(14-35)28-27(29)23-7-6-20(38-3)11-24(23)32(28)2/h6-11,13,18,25,35H,12,14-17H2,1-5H3/t25-/m0/s1. The van der Waals surface area contributed by atoms with Crippen molar-refractivity contribution in [3.05, 3.63) is 65.7 Å². The predicted molar refractivity (Wildman–Crippen MR) is 153 cm³/mol. The van der Waals surface area contributed by atoms with Gasteiger partial charge in [0.15, 0.2) is 5.03 Å². The van der Waals surface area contributed by atoms with Crippen LogP contribution in [0.1, 0.15) is 22.9 Å². The average Bonchev–Trinajstić information content (AvgIpc) is 3.52. The molecule has 0 bridgehead atoms. The van der Waals surface area contributed by atoms with Crippen LogP contribution < -0.4 is 14.2 Å². The number of hydrogen-bond donors (Lipinski definition) is 1. The molecule has 11 nitrogen and oxygen atoms in total. The number of aliphatic hydroxyl groups excluding tert-OH is 1. The Hall–Kier alpha value is -3.58. The van der Waals surface area contributed by atoms with E-state index in [9.17, 15) is 13.5 Å². The molecule has 1 saturated heterocycles. The van der Waals surface area contributed by atoms with Crippen LogP contribution >= 0.6 is 0 Å². The fourth-order valence-corrected chi connectivity index (χ4v) is 8.11. The van der Waals surface area contributed by atoms with Crippen molar-refractivity contribution < 1.29 is 27.7 Å². The fraction of sp³-hybridized carbons (Fsp3) is 0.414. The van der Waals surface area contributed by atoms with Gasteiger partial charge in [0.2, 0.25) is 0 Å². The molecule has 218 valence electrons. The Kier molecular flexibility index (Phi) is 6.76. The number of sulfonamides is 1. The summed E-state index contributed by atoms with van der Waals surface area (Å²) >= 11 is 0. The number of benzene rings is 2. The van der Waals surface area contributed by atoms with E-state index in [1.165, 1.54) is 16.8 Å². The second-order valence-electron chi connectivity index (χ2n) is 11.0. The average molecular weight is 582 g/mol. The highest BCUT2D eigenvalue weighted by Gasteiger charge is 2.56. The molecule has 6 rings (SSSR count). The summed E-state index contributed by atoms with van der Waals surface area (Å²) in [5.74, 6) is 2.10. The fourth-order valence-electron chi connectivity index (χ4n) is 6.53. The second kappa shape index (κ2) is 10.1. The number of imidazole rings is 1. The monoisotopic (exact) mass is 581 g/mol. The van der Waals surface area contributed by atoms with Crippen LogP contribution in [0.3, 0.4) is 0 Å². The largest absolute Gasteiger partial charge is 0.497 e. The minimum absolute atomic E-state index is 0.0436. The SMILES string of the molecule is COc1cc(CN2CC3(CN(S(=O)(=O)c4cn(C)cn4)C3)c3c(n(C)c4cc(OC)ccc34)[C@@H]2CO)cc(OC)c1. The minimum Gasteiger partial charge on any atom is -0.497 e. The maximum atomic E-state index is 13.5. The van der Waals surface area contributed by atoms with Crippen molar-refractivity contribution in [2.45, 2.75) is 23.0 Å². The van der Waals surface area contributed by atoms with E-state index in [1.807, 2.05) is 43.4 Å². The van der Waals surface area contributed by atoms with E-state index in [2.05, 4.69) is 14.5 Å². The molecule has 4 aromatic rings. The molecule has 1 spiro atoms. The van der Waals surface area contributed by atoms with Crippen LogP contribution in [-0.4, -0.2) is 84.4 Å². The topological polar surface area (TPSA) is 111 Å². The molecule has 2 aromatic carbocycles. The molecule has 4 heterocycles. The maximum absolute atomic E-state index is 13.5. The van der Waals surface area contributed by atoms with Crippen LogP contribution in [0.4, 0.5) is 0 Å². The summed E-state index contributed by atoms with van der Waals surface area (Å²) in [4.78, 5) is 6.35. The van der Waals surface area contributed by atoms with E-state index in [0.717, 1.165) is 33.5 Å². The van der Waals surface area contributed by atoms with E-state index in [4.69, 9.17) is 14.2 Å². The quantitative estimate of drug-likeness (QED) is 0.338. The van der Waals surface area contributed by atoms with Gasteiger partial charge in [-0.1, -0.05) is 0 Å². The van der Waals surface area contributed by atoms with E-state index < -0.39 is 15.4 Å². The van der Waals surface area contributed by atoms with Crippen LogP contribution in [0.15, 0.2) is 53.9 Å². The number of aromatic nitrogens is 3. The number of aryl methyl sites for hydroxylation is 2. The van der Waals surface area contributed by atoms with Crippen molar-refractivity contribution in [3.63, 3.8) is 0 Å². The third-order valence-corrected chi connectivity index (χ3v) is 10.1. The Morgan fingerprint density at radius 3 is 2.24 bits per heavy atom. The number of rotatable bonds is 8. The highest BCUT2D eigenvalue weighted by molar-refractivity contribution is 7.89. The highest BCUT2D eigenvalue weighted by Crippen LogP contribution is 2.51. The van der Waals surface area contributed by atoms with Gasteiger partial charge in [-0.25, -0.2) is 13.4 Å². The first-order valence-corrected chi connectivity index (χ1v) is 14.8. The summed E-state index contributed by atoms with van der Waals surface area (Å²) in [6.07, 6.45) is 3.02. The first-order valence-electron chi connectivity index (χ1n) is 13.4. The molecule has 1 atom stereocenters. The van der Waals surface area contributed by atoms with Gasteiger partial charge < -0.3 is 28.5 Å². The third kappa shape index (κ3) is 4.37. The molecule has 2 aliphatic rings. The van der Waals surface area contributed by atoms with Gasteiger partial charge in [-0.3, -0.25) is 4.90 Å². The zero-order valence-electron chi connectivity index (χ0n) is 23.9. The molecule has 1 N–H and O–H groups in total. The lowest BCUT2D eigenvalue weighted by Gasteiger charge is -2.55. The molecular weight excluding hydrogens is 546 g/mol. The van der Waals surface area contributed by atoms with Crippen molar-refractivity contribution >= 4 is 20.9 Å². The highest BCUT2D eigenvalue weighted by atomic mass is 32.2. The van der Waals surface area contributed by atoms with E-state index in [-0.39, 0.29) is 17.7 Å². The molecule has 2 aromatic heterocycles. The number of aliphatic hydroxyl groups is 1. The number of hydrogen-bond acceptors (Lipinski definition) is 8. The van der Waals surface area contributed by atoms with Gasteiger partial charge in [0.05, 0.1) is 45.8 Å². The summed E-state index contributed by atoms with van der Waals surface area (Å²) < 4.78 is 48.8. The molecule has 1 fully saturated rings. The van der Waals surface area contributed by atoms with Gasteiger partial charge >= 0.3 is 0 Å². The summed E-state index contributed by atoms with van der Waals surface area (Å²) in [6, 6.07) is 11.4. The number of methoxy groups -OCH3 is 3. The van der Waals surface area contributed by atoms with Crippen molar-refractivity contribution in [1.82, 2.24) is 23.3 Å². The lowest BCUT2D eigenvalue weighted by Crippen LogP contribution is -2.67. The van der Waals surface area contributed by atoms with Gasteiger partial charge in [0.25, 0.3) is 10.0 Å². The molecule has 0 radical (unpaired) electrons. The van der Waals surface area contributed by atoms with Crippen LogP contribution in [0, 0.1) is 0 Å². The van der Waals surface area contributed by atoms with E-state index in [0.29, 0.717) is 37.7 Å². The molecule has 0 saturated carbocycles. The molecule has 2 aliphatic heterocycles. The van der Waals surface area contributed by atoms with E-state index in [1.54, 1.807) is 32.9 Å². The molecule has 0 amide bonds. The molecule has 0 unspecified atom stereocenters. The summed E-state index contributed by atoms with van der Waals surface area (Å²) in [6.45, 7) is 1.59. The lowest BCUT2D eigenvalue weighted by molar-refractivity contribution is 0.0240. The summed E-state index contributed by atoms with van der Waals surface area (Å²) in [7, 11) is 4.86. The maximum Gasteiger partial charge on any atom is 0.262 e. The molecule has 0 aliphatic carbocycles. The van der Waals surface area contributed by atoms with Gasteiger partial charge in [-0.05, 0) is 35.4 Å². The Balaban J connectivity index is 1.46. The lowest BCUT2D eigenvalue weighted by atomic mass is 9.70. The van der Waals surface area contributed by atoms with Crippen molar-refractivity contribution in [3.8, 4) is 17.2 Å². The van der Waals surface area contributed by atoms with Crippen LogP contribution in [0.2, 0.25) is 0 Å². The Morgan fingerprint density at radius 2 is 1.66 bits per heavy atom. The molecular formula is C29H35N5O6S. The van der Waals surface area contributed by atoms with Gasteiger partial charge in [-0.15, -0.1) is 0 Å². The smallest absolute Gasteiger partial charge is 0.262 e. The van der Waals surface area contributed by atoms with Crippen LogP contribution in [0.25, 0.3) is 10.9 Å². The minimum atomic E-state index is -3.76. The Morgan fingerprint density at radius 1 is 0.976 bits per heavy atom. The summed E-state index contributed by atoms with van der Waals surface area (Å²) in [5, 5.41) is 11.9. The van der Waals surface area contributed by atoms with Crippen LogP contribution in [0.5, 0.6) is 17.2 Å². The van der Waals surface area contributed by atoms with Gasteiger partial charge in [0, 0.05) is 75.1 Å². The Bertz CT molecular complexity index is 1700. The molecule has 41 heavy (non-hydrogen) atoms. The number of nitrogens with zero attached hydrogens (tertiary/aromatic N) is 5. The third-order valence-electron chi connectivity index (χ3n) is 8.46. The number of fused-ring (bicyclic) bond motifs is 4. The van der Waals surface area contributed by atoms with Crippen molar-refractivity contribution in [2.75, 3.05) is 47.6 Å². The number of ether oxygens (including phenoxy) is 3. The zero-order valence-corrected chi connectivity index (χ0v) is 24.7. The normalized spacial score (nSPS) is 18.8. The second-order valence-corrected chi connectivity index (χ2v) is 12.8. The zero-order chi connectivity index (χ0) is 29.1. The summed E-state index contributed by atoms with van der Waals surface area (Å²) in [5.41, 5.74) is 3.52. The first-order chi connectivity index (χ1) is 19.6. The van der Waals surface area contributed by atoms with Crippen LogP contribution in [-0.2, 0) is 36.1 Å². The van der Waals surface area contributed by atoms with E-state index >= 15 is 0 Å². The van der Waals surface area contributed by atoms with Gasteiger partial charge in [-0.2, -0.15) is 4.31 Å².